The van der Waals surface area contributed by atoms with E-state index in [2.05, 4.69) is 0 Å². The van der Waals surface area contributed by atoms with E-state index >= 15 is 0 Å². The van der Waals surface area contributed by atoms with Crippen molar-refractivity contribution in [3.05, 3.63) is 30.1 Å². The fourth-order valence-electron chi connectivity index (χ4n) is 3.16. The highest BCUT2D eigenvalue weighted by atomic mass is 19.1. The maximum atomic E-state index is 13.0. The van der Waals surface area contributed by atoms with Crippen LogP contribution in [-0.2, 0) is 14.3 Å². The van der Waals surface area contributed by atoms with Gasteiger partial charge < -0.3 is 19.5 Å². The van der Waals surface area contributed by atoms with Gasteiger partial charge in [-0.25, -0.2) is 4.39 Å². The Hall–Kier alpha value is -2.15. The quantitative estimate of drug-likeness (QED) is 0.849. The summed E-state index contributed by atoms with van der Waals surface area (Å²) in [7, 11) is 1.45. The number of hydrogen-bond acceptors (Lipinski definition) is 4. The maximum absolute atomic E-state index is 13.0. The molecule has 1 amide bonds. The van der Waals surface area contributed by atoms with Gasteiger partial charge in [-0.2, -0.15) is 0 Å². The second kappa shape index (κ2) is 7.39. The molecular formula is C18H24FNO5. The Kier molecular flexibility index (Phi) is 5.67. The summed E-state index contributed by atoms with van der Waals surface area (Å²) >= 11 is 0. The van der Waals surface area contributed by atoms with Crippen molar-refractivity contribution in [2.75, 3.05) is 26.8 Å². The molecule has 0 aliphatic carbocycles. The van der Waals surface area contributed by atoms with E-state index in [1.54, 1.807) is 13.8 Å². The smallest absolute Gasteiger partial charge is 0.313 e. The zero-order chi connectivity index (χ0) is 18.7. The Bertz CT molecular complexity index is 627. The summed E-state index contributed by atoms with van der Waals surface area (Å²) in [4.78, 5) is 26.1. The summed E-state index contributed by atoms with van der Waals surface area (Å²) in [5.74, 6) is -1.29. The van der Waals surface area contributed by atoms with E-state index in [0.29, 0.717) is 25.1 Å². The minimum Gasteiger partial charge on any atom is -0.481 e. The van der Waals surface area contributed by atoms with Gasteiger partial charge in [-0.3, -0.25) is 9.59 Å². The first-order valence-corrected chi connectivity index (χ1v) is 8.16. The first kappa shape index (κ1) is 19.2. The zero-order valence-electron chi connectivity index (χ0n) is 14.8. The van der Waals surface area contributed by atoms with Crippen LogP contribution in [0.2, 0.25) is 0 Å². The summed E-state index contributed by atoms with van der Waals surface area (Å²) in [5, 5.41) is 9.60. The predicted molar refractivity (Wildman–Crippen MR) is 88.9 cm³/mol. The van der Waals surface area contributed by atoms with Gasteiger partial charge in [-0.1, -0.05) is 0 Å². The molecule has 1 aromatic carbocycles. The number of amides is 1. The van der Waals surface area contributed by atoms with E-state index < -0.39 is 22.8 Å². The molecular weight excluding hydrogens is 329 g/mol. The van der Waals surface area contributed by atoms with E-state index in [0.717, 1.165) is 0 Å². The van der Waals surface area contributed by atoms with Gasteiger partial charge in [0.15, 0.2) is 5.60 Å². The Morgan fingerprint density at radius 2 is 1.96 bits per heavy atom. The van der Waals surface area contributed by atoms with E-state index in [4.69, 9.17) is 9.47 Å². The van der Waals surface area contributed by atoms with Gasteiger partial charge in [0.25, 0.3) is 5.91 Å². The molecule has 1 heterocycles. The van der Waals surface area contributed by atoms with Crippen LogP contribution >= 0.6 is 0 Å². The molecule has 1 aromatic rings. The van der Waals surface area contributed by atoms with Gasteiger partial charge in [0.1, 0.15) is 17.0 Å². The molecule has 6 nitrogen and oxygen atoms in total. The number of carbonyl (C=O) groups excluding carboxylic acids is 1. The number of methoxy groups -OCH3 is 1. The maximum Gasteiger partial charge on any atom is 0.313 e. The van der Waals surface area contributed by atoms with Crippen LogP contribution in [0.3, 0.4) is 0 Å². The monoisotopic (exact) mass is 353 g/mol. The van der Waals surface area contributed by atoms with E-state index in [1.807, 2.05) is 0 Å². The number of hydrogen-bond donors (Lipinski definition) is 1. The predicted octanol–water partition coefficient (Wildman–Crippen LogP) is 2.32. The molecule has 1 fully saturated rings. The lowest BCUT2D eigenvalue weighted by Crippen LogP contribution is -2.57. The van der Waals surface area contributed by atoms with Crippen molar-refractivity contribution in [1.29, 1.82) is 0 Å². The van der Waals surface area contributed by atoms with E-state index in [9.17, 15) is 19.1 Å². The van der Waals surface area contributed by atoms with Gasteiger partial charge in [0, 0.05) is 20.2 Å². The number of rotatable bonds is 6. The third kappa shape index (κ3) is 4.28. The first-order valence-electron chi connectivity index (χ1n) is 8.16. The lowest BCUT2D eigenvalue weighted by Gasteiger charge is -2.42. The van der Waals surface area contributed by atoms with Crippen LogP contribution in [0.4, 0.5) is 4.39 Å². The number of carboxylic acid groups (broad SMARTS) is 1. The number of likely N-dealkylation sites (tertiary alicyclic amines) is 1. The minimum atomic E-state index is -1.20. The van der Waals surface area contributed by atoms with Crippen molar-refractivity contribution in [3.8, 4) is 5.75 Å². The molecule has 1 unspecified atom stereocenters. The molecule has 25 heavy (non-hydrogen) atoms. The number of aliphatic carboxylic acids is 1. The highest BCUT2D eigenvalue weighted by Crippen LogP contribution is 2.32. The number of carboxylic acids is 1. The summed E-state index contributed by atoms with van der Waals surface area (Å²) in [6.07, 6.45) is 1.03. The molecule has 2 rings (SSSR count). The van der Waals surface area contributed by atoms with Gasteiger partial charge in [-0.05, 0) is 51.0 Å². The normalized spacial score (nSPS) is 21.0. The van der Waals surface area contributed by atoms with Crippen LogP contribution in [0.5, 0.6) is 5.75 Å². The number of ether oxygens (including phenoxy) is 2. The standard InChI is InChI=1S/C18H24FNO5/c1-17(2,25-14-7-5-13(19)6-8-14)15(21)20-10-4-9-18(11-20,12-24-3)16(22)23/h5-8H,4,9-12H2,1-3H3,(H,22,23). The van der Waals surface area contributed by atoms with Crippen molar-refractivity contribution >= 4 is 11.9 Å². The highest BCUT2D eigenvalue weighted by molar-refractivity contribution is 5.86. The number of halogens is 1. The first-order chi connectivity index (χ1) is 11.7. The summed E-state index contributed by atoms with van der Waals surface area (Å²) in [6.45, 7) is 3.82. The molecule has 0 bridgehead atoms. The van der Waals surface area contributed by atoms with Gasteiger partial charge in [-0.15, -0.1) is 0 Å². The average Bonchev–Trinajstić information content (AvgIpc) is 2.56. The van der Waals surface area contributed by atoms with Gasteiger partial charge in [0.05, 0.1) is 6.61 Å². The molecule has 1 aliphatic rings. The summed E-state index contributed by atoms with van der Waals surface area (Å²) < 4.78 is 23.8. The lowest BCUT2D eigenvalue weighted by atomic mass is 9.80. The van der Waals surface area contributed by atoms with Crippen LogP contribution in [0.1, 0.15) is 26.7 Å². The summed E-state index contributed by atoms with van der Waals surface area (Å²) in [5.41, 5.74) is -2.30. The largest absolute Gasteiger partial charge is 0.481 e. The topological polar surface area (TPSA) is 76.1 Å². The molecule has 0 aromatic heterocycles. The Morgan fingerprint density at radius 3 is 2.52 bits per heavy atom. The Labute approximate surface area is 146 Å². The van der Waals surface area contributed by atoms with Crippen LogP contribution in [0, 0.1) is 11.2 Å². The number of benzene rings is 1. The minimum absolute atomic E-state index is 0.0470. The molecule has 0 spiro atoms. The molecule has 138 valence electrons. The molecule has 0 saturated carbocycles. The fourth-order valence-corrected chi connectivity index (χ4v) is 3.16. The van der Waals surface area contributed by atoms with E-state index in [1.165, 1.54) is 36.3 Å². The van der Waals surface area contributed by atoms with Crippen molar-refractivity contribution < 1.29 is 28.6 Å². The zero-order valence-corrected chi connectivity index (χ0v) is 14.8. The van der Waals surface area contributed by atoms with Crippen molar-refractivity contribution in [2.45, 2.75) is 32.3 Å². The number of piperidine rings is 1. The molecule has 1 N–H and O–H groups in total. The van der Waals surface area contributed by atoms with Gasteiger partial charge in [0.2, 0.25) is 0 Å². The van der Waals surface area contributed by atoms with Crippen LogP contribution < -0.4 is 4.74 Å². The lowest BCUT2D eigenvalue weighted by molar-refractivity contribution is -0.162. The van der Waals surface area contributed by atoms with E-state index in [-0.39, 0.29) is 19.1 Å². The van der Waals surface area contributed by atoms with Crippen molar-refractivity contribution in [2.24, 2.45) is 5.41 Å². The highest BCUT2D eigenvalue weighted by Gasteiger charge is 2.46. The second-order valence-electron chi connectivity index (χ2n) is 6.92. The van der Waals surface area contributed by atoms with Crippen molar-refractivity contribution in [3.63, 3.8) is 0 Å². The molecule has 1 saturated heterocycles. The number of nitrogens with zero attached hydrogens (tertiary/aromatic N) is 1. The Morgan fingerprint density at radius 1 is 1.32 bits per heavy atom. The third-order valence-corrected chi connectivity index (χ3v) is 4.44. The van der Waals surface area contributed by atoms with Crippen molar-refractivity contribution in [1.82, 2.24) is 4.90 Å². The van der Waals surface area contributed by atoms with Crippen LogP contribution in [0.25, 0.3) is 0 Å². The third-order valence-electron chi connectivity index (χ3n) is 4.44. The molecule has 0 radical (unpaired) electrons. The Balaban J connectivity index is 2.14. The van der Waals surface area contributed by atoms with Crippen LogP contribution in [-0.4, -0.2) is 54.3 Å². The second-order valence-corrected chi connectivity index (χ2v) is 6.92. The SMILES string of the molecule is COCC1(C(=O)O)CCCN(C(=O)C(C)(C)Oc2ccc(F)cc2)C1. The fraction of sp³-hybridized carbons (Fsp3) is 0.556. The molecule has 1 aliphatic heterocycles. The van der Waals surface area contributed by atoms with Gasteiger partial charge >= 0.3 is 5.97 Å². The molecule has 1 atom stereocenters. The van der Waals surface area contributed by atoms with Crippen LogP contribution in [0.15, 0.2) is 24.3 Å². The molecule has 7 heteroatoms. The average molecular weight is 353 g/mol. The number of carbonyl (C=O) groups is 2. The summed E-state index contributed by atoms with van der Waals surface area (Å²) in [6, 6.07) is 5.41.